The van der Waals surface area contributed by atoms with Gasteiger partial charge in [0.25, 0.3) is 0 Å². The molecule has 0 spiro atoms. The van der Waals surface area contributed by atoms with E-state index in [9.17, 15) is 0 Å². The smallest absolute Gasteiger partial charge is 0.124 e. The SMILES string of the molecule is CCOc1cc(NC(C)COC)ccc1C. The van der Waals surface area contributed by atoms with Gasteiger partial charge >= 0.3 is 0 Å². The Morgan fingerprint density at radius 3 is 2.75 bits per heavy atom. The molecule has 0 aliphatic carbocycles. The molecule has 1 atom stereocenters. The molecule has 3 heteroatoms. The average Bonchev–Trinajstić information content (AvgIpc) is 2.24. The lowest BCUT2D eigenvalue weighted by molar-refractivity contribution is 0.190. The van der Waals surface area contributed by atoms with Gasteiger partial charge in [-0.1, -0.05) is 6.07 Å². The zero-order valence-electron chi connectivity index (χ0n) is 10.5. The summed E-state index contributed by atoms with van der Waals surface area (Å²) in [7, 11) is 1.71. The molecule has 0 heterocycles. The predicted molar refractivity (Wildman–Crippen MR) is 67.3 cm³/mol. The predicted octanol–water partition coefficient (Wildman–Crippen LogP) is 2.84. The number of ether oxygens (including phenoxy) is 2. The van der Waals surface area contributed by atoms with E-state index in [-0.39, 0.29) is 0 Å². The van der Waals surface area contributed by atoms with E-state index in [2.05, 4.69) is 24.4 Å². The molecule has 1 unspecified atom stereocenters. The number of nitrogens with one attached hydrogen (secondary N) is 1. The topological polar surface area (TPSA) is 30.5 Å². The molecule has 16 heavy (non-hydrogen) atoms. The molecule has 1 rings (SSSR count). The van der Waals surface area contributed by atoms with Gasteiger partial charge in [-0.3, -0.25) is 0 Å². The lowest BCUT2D eigenvalue weighted by Gasteiger charge is -2.16. The van der Waals surface area contributed by atoms with Gasteiger partial charge in [-0.15, -0.1) is 0 Å². The fraction of sp³-hybridized carbons (Fsp3) is 0.538. The van der Waals surface area contributed by atoms with E-state index in [0.29, 0.717) is 19.3 Å². The van der Waals surface area contributed by atoms with Crippen LogP contribution in [0, 0.1) is 6.92 Å². The average molecular weight is 223 g/mol. The summed E-state index contributed by atoms with van der Waals surface area (Å²) in [6.45, 7) is 7.51. The number of rotatable bonds is 6. The summed E-state index contributed by atoms with van der Waals surface area (Å²) in [6, 6.07) is 6.45. The third-order valence-corrected chi connectivity index (χ3v) is 2.32. The van der Waals surface area contributed by atoms with Crippen LogP contribution in [0.4, 0.5) is 5.69 Å². The van der Waals surface area contributed by atoms with Crippen LogP contribution in [0.3, 0.4) is 0 Å². The van der Waals surface area contributed by atoms with Gasteiger partial charge in [0.05, 0.1) is 13.2 Å². The van der Waals surface area contributed by atoms with Gasteiger partial charge in [0, 0.05) is 24.9 Å². The van der Waals surface area contributed by atoms with Crippen LogP contribution in [-0.2, 0) is 4.74 Å². The van der Waals surface area contributed by atoms with Crippen LogP contribution < -0.4 is 10.1 Å². The van der Waals surface area contributed by atoms with E-state index >= 15 is 0 Å². The molecule has 90 valence electrons. The molecule has 0 bridgehead atoms. The van der Waals surface area contributed by atoms with Crippen molar-refractivity contribution >= 4 is 5.69 Å². The Labute approximate surface area is 97.8 Å². The molecule has 1 N–H and O–H groups in total. The maximum Gasteiger partial charge on any atom is 0.124 e. The lowest BCUT2D eigenvalue weighted by atomic mass is 10.2. The first-order chi connectivity index (χ1) is 7.67. The van der Waals surface area contributed by atoms with Gasteiger partial charge in [0.1, 0.15) is 5.75 Å². The highest BCUT2D eigenvalue weighted by atomic mass is 16.5. The summed E-state index contributed by atoms with van der Waals surface area (Å²) in [5.74, 6) is 0.942. The second-order valence-corrected chi connectivity index (χ2v) is 3.91. The normalized spacial score (nSPS) is 12.2. The zero-order chi connectivity index (χ0) is 12.0. The van der Waals surface area contributed by atoms with Gasteiger partial charge in [-0.2, -0.15) is 0 Å². The van der Waals surface area contributed by atoms with E-state index < -0.39 is 0 Å². The number of aryl methyl sites for hydroxylation is 1. The quantitative estimate of drug-likeness (QED) is 0.804. The van der Waals surface area contributed by atoms with Crippen molar-refractivity contribution in [2.75, 3.05) is 25.6 Å². The summed E-state index contributed by atoms with van der Waals surface area (Å²) >= 11 is 0. The highest BCUT2D eigenvalue weighted by molar-refractivity contribution is 5.52. The fourth-order valence-electron chi connectivity index (χ4n) is 1.58. The second-order valence-electron chi connectivity index (χ2n) is 3.91. The largest absolute Gasteiger partial charge is 0.494 e. The first-order valence-corrected chi connectivity index (χ1v) is 5.66. The van der Waals surface area contributed by atoms with E-state index in [4.69, 9.17) is 9.47 Å². The van der Waals surface area contributed by atoms with Crippen molar-refractivity contribution < 1.29 is 9.47 Å². The van der Waals surface area contributed by atoms with Crippen molar-refractivity contribution in [3.8, 4) is 5.75 Å². The van der Waals surface area contributed by atoms with Crippen LogP contribution >= 0.6 is 0 Å². The van der Waals surface area contributed by atoms with E-state index in [1.54, 1.807) is 7.11 Å². The van der Waals surface area contributed by atoms with Gasteiger partial charge in [0.15, 0.2) is 0 Å². The monoisotopic (exact) mass is 223 g/mol. The lowest BCUT2D eigenvalue weighted by Crippen LogP contribution is -2.20. The van der Waals surface area contributed by atoms with Crippen molar-refractivity contribution in [2.45, 2.75) is 26.8 Å². The molecule has 0 aliphatic rings. The van der Waals surface area contributed by atoms with Gasteiger partial charge in [-0.05, 0) is 32.4 Å². The molecule has 0 fully saturated rings. The number of anilines is 1. The number of hydrogen-bond acceptors (Lipinski definition) is 3. The Hall–Kier alpha value is -1.22. The van der Waals surface area contributed by atoms with Gasteiger partial charge in [0.2, 0.25) is 0 Å². The highest BCUT2D eigenvalue weighted by Crippen LogP contribution is 2.23. The Bertz CT molecular complexity index is 326. The molecule has 3 nitrogen and oxygen atoms in total. The molecule has 0 aliphatic heterocycles. The fourth-order valence-corrected chi connectivity index (χ4v) is 1.58. The highest BCUT2D eigenvalue weighted by Gasteiger charge is 2.04. The van der Waals surface area contributed by atoms with E-state index in [1.165, 1.54) is 0 Å². The Morgan fingerprint density at radius 1 is 1.38 bits per heavy atom. The first kappa shape index (κ1) is 12.8. The minimum absolute atomic E-state index is 0.294. The number of hydrogen-bond donors (Lipinski definition) is 1. The first-order valence-electron chi connectivity index (χ1n) is 5.66. The minimum Gasteiger partial charge on any atom is -0.494 e. The summed E-state index contributed by atoms with van der Waals surface area (Å²) in [5.41, 5.74) is 2.23. The van der Waals surface area contributed by atoms with Crippen molar-refractivity contribution in [1.29, 1.82) is 0 Å². The Morgan fingerprint density at radius 2 is 2.12 bits per heavy atom. The molecule has 0 radical (unpaired) electrons. The molecule has 0 saturated carbocycles. The number of benzene rings is 1. The third-order valence-electron chi connectivity index (χ3n) is 2.32. The van der Waals surface area contributed by atoms with Crippen LogP contribution in [-0.4, -0.2) is 26.4 Å². The number of methoxy groups -OCH3 is 1. The van der Waals surface area contributed by atoms with Crippen LogP contribution in [0.5, 0.6) is 5.75 Å². The van der Waals surface area contributed by atoms with E-state index in [0.717, 1.165) is 17.0 Å². The Balaban J connectivity index is 2.70. The van der Waals surface area contributed by atoms with Crippen LogP contribution in [0.25, 0.3) is 0 Å². The second kappa shape index (κ2) is 6.38. The molecular weight excluding hydrogens is 202 g/mol. The van der Waals surface area contributed by atoms with Crippen molar-refractivity contribution in [3.05, 3.63) is 23.8 Å². The summed E-state index contributed by atoms with van der Waals surface area (Å²) in [4.78, 5) is 0. The molecule has 0 amide bonds. The zero-order valence-corrected chi connectivity index (χ0v) is 10.5. The van der Waals surface area contributed by atoms with Gasteiger partial charge < -0.3 is 14.8 Å². The van der Waals surface area contributed by atoms with Crippen LogP contribution in [0.1, 0.15) is 19.4 Å². The summed E-state index contributed by atoms with van der Waals surface area (Å²) in [6.07, 6.45) is 0. The maximum atomic E-state index is 5.55. The minimum atomic E-state index is 0.294. The standard InChI is InChI=1S/C13H21NO2/c1-5-16-13-8-12(7-6-10(13)2)14-11(3)9-15-4/h6-8,11,14H,5,9H2,1-4H3. The van der Waals surface area contributed by atoms with Gasteiger partial charge in [-0.25, -0.2) is 0 Å². The molecule has 0 saturated heterocycles. The maximum absolute atomic E-state index is 5.55. The third kappa shape index (κ3) is 3.74. The molecule has 0 aromatic heterocycles. The van der Waals surface area contributed by atoms with Crippen LogP contribution in [0.15, 0.2) is 18.2 Å². The van der Waals surface area contributed by atoms with Crippen molar-refractivity contribution in [3.63, 3.8) is 0 Å². The van der Waals surface area contributed by atoms with Crippen molar-refractivity contribution in [2.24, 2.45) is 0 Å². The van der Waals surface area contributed by atoms with Crippen molar-refractivity contribution in [1.82, 2.24) is 0 Å². The molecule has 1 aromatic carbocycles. The Kier molecular flexibility index (Phi) is 5.12. The summed E-state index contributed by atoms with van der Waals surface area (Å²) < 4.78 is 10.6. The molecular formula is C13H21NO2. The molecule has 1 aromatic rings. The van der Waals surface area contributed by atoms with E-state index in [1.807, 2.05) is 19.9 Å². The summed E-state index contributed by atoms with van der Waals surface area (Å²) in [5, 5.41) is 3.36. The van der Waals surface area contributed by atoms with Crippen LogP contribution in [0.2, 0.25) is 0 Å².